The second kappa shape index (κ2) is 52.4. The van der Waals surface area contributed by atoms with E-state index in [-0.39, 0.29) is 76.4 Å². The number of carbonyl (C=O) groups is 10. The van der Waals surface area contributed by atoms with Crippen LogP contribution in [-0.2, 0) is 38.6 Å². The highest BCUT2D eigenvalue weighted by molar-refractivity contribution is 7.90. The number of piperidine rings is 2. The maximum absolute atomic E-state index is 13.5. The molecule has 0 unspecified atom stereocenters. The molecule has 12 atom stereocenters. The molecule has 8 fully saturated rings. The van der Waals surface area contributed by atoms with Gasteiger partial charge in [-0.05, 0) is 300 Å². The number of nitrogens with one attached hydrogen (secondary N) is 9. The molecule has 0 spiro atoms. The molecule has 148 heavy (non-hydrogen) atoms. The minimum atomic E-state index is -3.26. The van der Waals surface area contributed by atoms with Crippen molar-refractivity contribution in [2.45, 2.75) is 220 Å². The Balaban J connectivity index is 0.000000148. The Morgan fingerprint density at radius 2 is 0.682 bits per heavy atom. The molecule has 5 heterocycles. The van der Waals surface area contributed by atoms with Crippen LogP contribution < -0.4 is 47.9 Å². The lowest BCUT2D eigenvalue weighted by atomic mass is 10.0. The highest BCUT2D eigenvalue weighted by Crippen LogP contribution is 2.44. The number of aryl methyl sites for hydroxylation is 4. The Hall–Kier alpha value is -13.5. The summed E-state index contributed by atoms with van der Waals surface area (Å²) < 4.78 is 55.3. The number of oxazole rings is 1. The number of rotatable bonds is 39. The lowest BCUT2D eigenvalue weighted by molar-refractivity contribution is -0.145. The average molecular weight is 2040 g/mol. The first kappa shape index (κ1) is 109. The zero-order chi connectivity index (χ0) is 104. The standard InChI is InChI=1S/C34H41N3O4S.C30H36N4O3.C27H33FN4O3.C26H31FN4O3/c1-24-8-10-27(11-9-24)30-23-32(30)35-20-6-7-31(34(39)37-21-4-3-5-22-37)36-33(38)28-14-12-25(13-15-28)26-16-18-29(19-17-26)42(2,40)41;1-21-7-9-22(10-8-21)25-20-27(25)31-15-5-6-26(30(36)34-17-3-2-4-18-34)33-28(35)23-11-13-24(14-12-23)29-32-16-19-37-29;1-18-5-7-19(8-6-18)22-16-24(22)29-13-3-4-23(27(35)32-15-14-31(2)25(33)17-32)30-26(34)20-9-11-21(28)12-10-20;1-17-4-6-18(7-5-17)21-15-23(21)28-12-2-3-22(26(34)31-14-13-29-24(32)16-31)30-25(33)19-8-10-20(27)11-9-19/h8-19,30-32,35H,3-7,20-23H2,1-2H3,(H,36,38);7-14,16,19,25-27,31H,2-6,15,17-18,20H2,1H3,(H,33,35);5-12,22-24,29H,3-4,13-17H2,1-2H3,(H,30,34);4-11,21-23,28H,2-3,12-16H2,1H3,(H,29,32)(H,30,33)/t30-,31-,32+;25-,26-,27+;22-,23-,24+;21-,22-,23+/m0000/s1. The van der Waals surface area contributed by atoms with Gasteiger partial charge in [0.05, 0.1) is 24.2 Å². The first-order valence-corrected chi connectivity index (χ1v) is 54.4. The van der Waals surface area contributed by atoms with Crippen LogP contribution in [0.3, 0.4) is 0 Å². The van der Waals surface area contributed by atoms with Gasteiger partial charge >= 0.3 is 0 Å². The number of sulfone groups is 1. The van der Waals surface area contributed by atoms with Gasteiger partial charge in [0.15, 0.2) is 9.84 Å². The van der Waals surface area contributed by atoms with Crippen LogP contribution in [0.25, 0.3) is 22.6 Å². The van der Waals surface area contributed by atoms with E-state index in [1.165, 1.54) is 115 Å². The van der Waals surface area contributed by atoms with Gasteiger partial charge in [0.25, 0.3) is 23.6 Å². The van der Waals surface area contributed by atoms with Crippen LogP contribution >= 0.6 is 0 Å². The molecule has 4 aliphatic heterocycles. The summed E-state index contributed by atoms with van der Waals surface area (Å²) in [7, 11) is -1.55. The van der Waals surface area contributed by atoms with Gasteiger partial charge in [0.1, 0.15) is 42.1 Å². The average Bonchev–Trinajstić information content (AvgIpc) is 1.66. The Labute approximate surface area is 867 Å². The monoisotopic (exact) mass is 2030 g/mol. The number of nitrogens with zero attached hydrogens (tertiary/aromatic N) is 6. The van der Waals surface area contributed by atoms with E-state index in [2.05, 4.69) is 178 Å². The van der Waals surface area contributed by atoms with Crippen molar-refractivity contribution in [3.63, 3.8) is 0 Å². The Morgan fingerprint density at radius 1 is 0.378 bits per heavy atom. The molecule has 10 amide bonds. The molecular formula is C117H141F2N15O13S. The summed E-state index contributed by atoms with van der Waals surface area (Å²) in [6.07, 6.45) is 20.2. The minimum Gasteiger partial charge on any atom is -0.445 e. The zero-order valence-electron chi connectivity index (χ0n) is 85.6. The van der Waals surface area contributed by atoms with Gasteiger partial charge in [-0.25, -0.2) is 22.2 Å². The molecule has 4 saturated heterocycles. The van der Waals surface area contributed by atoms with E-state index in [1.54, 1.807) is 66.7 Å². The summed E-state index contributed by atoms with van der Waals surface area (Å²) in [6, 6.07) is 65.4. The fourth-order valence-corrected chi connectivity index (χ4v) is 20.3. The van der Waals surface area contributed by atoms with Crippen LogP contribution in [-0.4, -0.2) is 250 Å². The minimum absolute atomic E-state index is 0.00888. The zero-order valence-corrected chi connectivity index (χ0v) is 86.5. The number of hydrogen-bond donors (Lipinski definition) is 9. The third-order valence-electron chi connectivity index (χ3n) is 29.2. The van der Waals surface area contributed by atoms with Crippen LogP contribution in [0.2, 0.25) is 0 Å². The molecule has 1 aromatic heterocycles. The third-order valence-corrected chi connectivity index (χ3v) is 30.3. The first-order chi connectivity index (χ1) is 71.5. The topological polar surface area (TPSA) is 355 Å². The molecule has 9 N–H and O–H groups in total. The maximum Gasteiger partial charge on any atom is 0.251 e. The predicted molar refractivity (Wildman–Crippen MR) is 568 cm³/mol. The largest absolute Gasteiger partial charge is 0.445 e. The highest BCUT2D eigenvalue weighted by Gasteiger charge is 2.43. The van der Waals surface area contributed by atoms with E-state index in [9.17, 15) is 65.1 Å². The molecular weight excluding hydrogens is 1890 g/mol. The summed E-state index contributed by atoms with van der Waals surface area (Å²) in [6.45, 7) is 16.2. The van der Waals surface area contributed by atoms with Crippen LogP contribution in [0.15, 0.2) is 240 Å². The molecule has 8 aliphatic rings. The Kier molecular flexibility index (Phi) is 38.5. The number of aromatic nitrogens is 1. The molecule has 4 saturated carbocycles. The molecule has 0 radical (unpaired) electrons. The van der Waals surface area contributed by atoms with Gasteiger partial charge in [0, 0.05) is 141 Å². The number of piperazine rings is 2. The lowest BCUT2D eigenvalue weighted by Gasteiger charge is -2.34. The molecule has 28 nitrogen and oxygen atoms in total. The van der Waals surface area contributed by atoms with E-state index >= 15 is 0 Å². The van der Waals surface area contributed by atoms with E-state index in [0.29, 0.717) is 130 Å². The van der Waals surface area contributed by atoms with Crippen LogP contribution in [0.1, 0.15) is 225 Å². The van der Waals surface area contributed by atoms with Crippen molar-refractivity contribution in [1.29, 1.82) is 0 Å². The molecule has 10 aromatic rings. The van der Waals surface area contributed by atoms with Gasteiger partial charge in [-0.3, -0.25) is 47.9 Å². The fourth-order valence-electron chi connectivity index (χ4n) is 19.7. The van der Waals surface area contributed by atoms with E-state index < -0.39 is 57.5 Å². The van der Waals surface area contributed by atoms with Gasteiger partial charge in [-0.15, -0.1) is 0 Å². The molecule has 18 rings (SSSR count). The van der Waals surface area contributed by atoms with Gasteiger partial charge in [-0.1, -0.05) is 144 Å². The SMILES string of the molecule is Cc1ccc([C@@H]2C[C@H]2NCCC[C@H](NC(=O)c2ccc(-c3ccc(S(C)(=O)=O)cc3)cc2)C(=O)N2CCCCC2)cc1.Cc1ccc([C@@H]2C[C@H]2NCCC[C@H](NC(=O)c2ccc(-c3ncco3)cc2)C(=O)N2CCCCC2)cc1.Cc1ccc([C@@H]2C[C@H]2NCCC[C@H](NC(=O)c2ccc(F)cc2)C(=O)N2CCN(C)C(=O)C2)cc1.Cc1ccc([C@@H]2C[C@H]2NCCC[C@H](NC(=O)c2ccc(F)cc2)C(=O)N2CCNC(=O)C2)cc1. The van der Waals surface area contributed by atoms with Crippen molar-refractivity contribution >= 4 is 68.9 Å². The van der Waals surface area contributed by atoms with Crippen molar-refractivity contribution in [2.24, 2.45) is 0 Å². The summed E-state index contributed by atoms with van der Waals surface area (Å²) in [5.41, 5.74) is 14.6. The van der Waals surface area contributed by atoms with Crippen molar-refractivity contribution in [2.75, 3.05) is 105 Å². The number of likely N-dealkylation sites (tertiary alicyclic amines) is 2. The van der Waals surface area contributed by atoms with Gasteiger partial charge < -0.3 is 76.8 Å². The smallest absolute Gasteiger partial charge is 0.251 e. The number of carbonyl (C=O) groups excluding carboxylic acids is 10. The number of halogens is 2. The number of hydrogen-bond acceptors (Lipinski definition) is 18. The van der Waals surface area contributed by atoms with Crippen molar-refractivity contribution in [3.8, 4) is 22.6 Å². The van der Waals surface area contributed by atoms with Crippen LogP contribution in [0.5, 0.6) is 0 Å². The molecule has 0 bridgehead atoms. The second-order valence-electron chi connectivity index (χ2n) is 40.7. The fraction of sp³-hybridized carbons (Fsp3) is 0.427. The molecule has 31 heteroatoms. The summed E-state index contributed by atoms with van der Waals surface area (Å²) in [4.78, 5) is 142. The quantitative estimate of drug-likeness (QED) is 0.0162. The normalized spacial score (nSPS) is 20.0. The summed E-state index contributed by atoms with van der Waals surface area (Å²) in [5.74, 6) is -0.366. The molecule has 782 valence electrons. The lowest BCUT2D eigenvalue weighted by Crippen LogP contribution is -2.56. The van der Waals surface area contributed by atoms with E-state index in [1.807, 2.05) is 34.1 Å². The predicted octanol–water partition coefficient (Wildman–Crippen LogP) is 14.4. The molecule has 9 aromatic carbocycles. The van der Waals surface area contributed by atoms with Crippen molar-refractivity contribution in [1.82, 2.24) is 77.3 Å². The summed E-state index contributed by atoms with van der Waals surface area (Å²) in [5, 5.41) is 28.8. The van der Waals surface area contributed by atoms with Crippen LogP contribution in [0, 0.1) is 39.3 Å². The maximum atomic E-state index is 13.5. The second-order valence-corrected chi connectivity index (χ2v) is 42.7. The summed E-state index contributed by atoms with van der Waals surface area (Å²) >= 11 is 0. The number of likely N-dealkylation sites (N-methyl/N-ethyl adjacent to an activating group) is 1. The van der Waals surface area contributed by atoms with Crippen LogP contribution in [0.4, 0.5) is 8.78 Å². The highest BCUT2D eigenvalue weighted by atomic mass is 32.2. The van der Waals surface area contributed by atoms with E-state index in [4.69, 9.17) is 4.42 Å². The van der Waals surface area contributed by atoms with E-state index in [0.717, 1.165) is 146 Å². The van der Waals surface area contributed by atoms with Crippen molar-refractivity contribution < 1.29 is 69.6 Å². The Bertz CT molecular complexity index is 6240. The Morgan fingerprint density at radius 3 is 0.986 bits per heavy atom. The number of benzene rings is 9. The molecule has 4 aliphatic carbocycles. The van der Waals surface area contributed by atoms with Gasteiger partial charge in [0.2, 0.25) is 41.3 Å². The van der Waals surface area contributed by atoms with Gasteiger partial charge in [-0.2, -0.15) is 0 Å². The van der Waals surface area contributed by atoms with Crippen molar-refractivity contribution in [3.05, 3.63) is 309 Å². The third kappa shape index (κ3) is 31.8. The number of amides is 10. The first-order valence-electron chi connectivity index (χ1n) is 52.5.